The maximum atomic E-state index is 13.1. The van der Waals surface area contributed by atoms with Crippen LogP contribution in [0.5, 0.6) is 5.75 Å². The molecule has 1 amide bonds. The van der Waals surface area contributed by atoms with Gasteiger partial charge in [0, 0.05) is 5.56 Å². The molecule has 1 atom stereocenters. The predicted molar refractivity (Wildman–Crippen MR) is 102 cm³/mol. The average Bonchev–Trinajstić information content (AvgIpc) is 3.07. The van der Waals surface area contributed by atoms with E-state index in [9.17, 15) is 9.90 Å². The number of aliphatic hydroxyl groups excluding tert-OH is 1. The van der Waals surface area contributed by atoms with E-state index in [0.717, 1.165) is 49.1 Å². The first-order chi connectivity index (χ1) is 13.0. The standard InChI is InChI=1S/C21H28N2O4/c1-4-17-19(13(2)27-23-17)20(14-9-11-15(24)12-10-14)22-21(25)16-7-5-6-8-18(16)26-3/h5-8,14-15,20,24H,4,9-12H2,1-3H3,(H,22,25). The topological polar surface area (TPSA) is 84.6 Å². The molecule has 0 radical (unpaired) electrons. The van der Waals surface area contributed by atoms with Crippen LogP contribution in [0.4, 0.5) is 0 Å². The fraction of sp³-hybridized carbons (Fsp3) is 0.524. The van der Waals surface area contributed by atoms with Crippen LogP contribution in [-0.4, -0.2) is 29.4 Å². The van der Waals surface area contributed by atoms with Crippen LogP contribution in [0, 0.1) is 12.8 Å². The lowest BCUT2D eigenvalue weighted by molar-refractivity contribution is 0.0827. The minimum Gasteiger partial charge on any atom is -0.496 e. The average molecular weight is 372 g/mol. The lowest BCUT2D eigenvalue weighted by atomic mass is 9.79. The molecule has 1 fully saturated rings. The number of nitrogens with zero attached hydrogens (tertiary/aromatic N) is 1. The molecule has 3 rings (SSSR count). The molecule has 146 valence electrons. The van der Waals surface area contributed by atoms with E-state index in [2.05, 4.69) is 10.5 Å². The third-order valence-corrected chi connectivity index (χ3v) is 5.48. The minimum absolute atomic E-state index is 0.175. The van der Waals surface area contributed by atoms with Crippen molar-refractivity contribution in [2.24, 2.45) is 5.92 Å². The fourth-order valence-corrected chi connectivity index (χ4v) is 3.99. The van der Waals surface area contributed by atoms with Crippen LogP contribution in [-0.2, 0) is 6.42 Å². The van der Waals surface area contributed by atoms with Gasteiger partial charge in [0.25, 0.3) is 5.91 Å². The van der Waals surface area contributed by atoms with Gasteiger partial charge in [-0.3, -0.25) is 4.79 Å². The molecular formula is C21H28N2O4. The molecule has 0 spiro atoms. The first kappa shape index (κ1) is 19.4. The molecule has 1 saturated carbocycles. The second kappa shape index (κ2) is 8.57. The van der Waals surface area contributed by atoms with Gasteiger partial charge in [-0.15, -0.1) is 0 Å². The van der Waals surface area contributed by atoms with Crippen molar-refractivity contribution in [1.82, 2.24) is 10.5 Å². The Kier molecular flexibility index (Phi) is 6.16. The Balaban J connectivity index is 1.92. The summed E-state index contributed by atoms with van der Waals surface area (Å²) < 4.78 is 10.8. The Labute approximate surface area is 159 Å². The smallest absolute Gasteiger partial charge is 0.255 e. The number of nitrogens with one attached hydrogen (secondary N) is 1. The van der Waals surface area contributed by atoms with E-state index in [1.165, 1.54) is 0 Å². The number of aryl methyl sites for hydroxylation is 2. The number of ether oxygens (including phenoxy) is 1. The zero-order chi connectivity index (χ0) is 19.4. The quantitative estimate of drug-likeness (QED) is 0.810. The number of methoxy groups -OCH3 is 1. The second-order valence-corrected chi connectivity index (χ2v) is 7.17. The SMILES string of the molecule is CCc1noc(C)c1C(NC(=O)c1ccccc1OC)C1CCC(O)CC1. The molecule has 0 bridgehead atoms. The van der Waals surface area contributed by atoms with E-state index in [4.69, 9.17) is 9.26 Å². The number of aliphatic hydroxyl groups is 1. The van der Waals surface area contributed by atoms with Gasteiger partial charge in [0.1, 0.15) is 11.5 Å². The lowest BCUT2D eigenvalue weighted by Crippen LogP contribution is -2.36. The second-order valence-electron chi connectivity index (χ2n) is 7.17. The highest BCUT2D eigenvalue weighted by Crippen LogP contribution is 2.38. The molecule has 6 heteroatoms. The largest absolute Gasteiger partial charge is 0.496 e. The number of para-hydroxylation sites is 1. The third-order valence-electron chi connectivity index (χ3n) is 5.48. The van der Waals surface area contributed by atoms with Gasteiger partial charge in [-0.25, -0.2) is 0 Å². The van der Waals surface area contributed by atoms with Crippen molar-refractivity contribution in [2.75, 3.05) is 7.11 Å². The molecule has 1 unspecified atom stereocenters. The summed E-state index contributed by atoms with van der Waals surface area (Å²) in [7, 11) is 1.56. The number of benzene rings is 1. The Hall–Kier alpha value is -2.34. The molecule has 1 heterocycles. The normalized spacial score (nSPS) is 20.9. The Morgan fingerprint density at radius 3 is 2.70 bits per heavy atom. The van der Waals surface area contributed by atoms with Gasteiger partial charge in [-0.05, 0) is 57.1 Å². The molecule has 1 aromatic heterocycles. The zero-order valence-electron chi connectivity index (χ0n) is 16.2. The van der Waals surface area contributed by atoms with Gasteiger partial charge >= 0.3 is 0 Å². The van der Waals surface area contributed by atoms with Crippen molar-refractivity contribution in [3.8, 4) is 5.75 Å². The Bertz CT molecular complexity index is 778. The van der Waals surface area contributed by atoms with Crippen LogP contribution in [0.15, 0.2) is 28.8 Å². The van der Waals surface area contributed by atoms with Crippen LogP contribution in [0.25, 0.3) is 0 Å². The van der Waals surface area contributed by atoms with Gasteiger partial charge in [0.05, 0.1) is 30.5 Å². The molecule has 1 aliphatic carbocycles. The molecule has 1 aromatic carbocycles. The van der Waals surface area contributed by atoms with Crippen molar-refractivity contribution in [1.29, 1.82) is 0 Å². The van der Waals surface area contributed by atoms with E-state index in [1.54, 1.807) is 19.2 Å². The number of carbonyl (C=O) groups excluding carboxylic acids is 1. The summed E-state index contributed by atoms with van der Waals surface area (Å²) in [6.07, 6.45) is 3.69. The number of aromatic nitrogens is 1. The lowest BCUT2D eigenvalue weighted by Gasteiger charge is -2.33. The van der Waals surface area contributed by atoms with Crippen molar-refractivity contribution in [3.05, 3.63) is 46.8 Å². The van der Waals surface area contributed by atoms with Crippen LogP contribution >= 0.6 is 0 Å². The Morgan fingerprint density at radius 1 is 1.33 bits per heavy atom. The molecule has 0 saturated heterocycles. The number of carbonyl (C=O) groups is 1. The van der Waals surface area contributed by atoms with Crippen molar-refractivity contribution in [3.63, 3.8) is 0 Å². The summed E-state index contributed by atoms with van der Waals surface area (Å²) in [5, 5.41) is 17.3. The van der Waals surface area contributed by atoms with Crippen LogP contribution in [0.2, 0.25) is 0 Å². The maximum Gasteiger partial charge on any atom is 0.255 e. The molecule has 2 N–H and O–H groups in total. The molecule has 27 heavy (non-hydrogen) atoms. The third kappa shape index (κ3) is 4.16. The zero-order valence-corrected chi connectivity index (χ0v) is 16.2. The van der Waals surface area contributed by atoms with E-state index < -0.39 is 0 Å². The van der Waals surface area contributed by atoms with Crippen molar-refractivity contribution in [2.45, 2.75) is 58.1 Å². The highest BCUT2D eigenvalue weighted by molar-refractivity contribution is 5.97. The monoisotopic (exact) mass is 372 g/mol. The van der Waals surface area contributed by atoms with Gasteiger partial charge in [-0.2, -0.15) is 0 Å². The van der Waals surface area contributed by atoms with E-state index in [1.807, 2.05) is 26.0 Å². The Morgan fingerprint density at radius 2 is 2.04 bits per heavy atom. The fourth-order valence-electron chi connectivity index (χ4n) is 3.99. The summed E-state index contributed by atoms with van der Waals surface area (Å²) in [5.74, 6) is 1.34. The van der Waals surface area contributed by atoms with Gasteiger partial charge in [0.2, 0.25) is 0 Å². The van der Waals surface area contributed by atoms with Crippen LogP contribution in [0.1, 0.15) is 66.0 Å². The molecule has 6 nitrogen and oxygen atoms in total. The molecule has 1 aliphatic rings. The van der Waals surface area contributed by atoms with E-state index in [-0.39, 0.29) is 24.0 Å². The van der Waals surface area contributed by atoms with Crippen LogP contribution < -0.4 is 10.1 Å². The maximum absolute atomic E-state index is 13.1. The van der Waals surface area contributed by atoms with E-state index >= 15 is 0 Å². The van der Waals surface area contributed by atoms with Gasteiger partial charge in [0.15, 0.2) is 0 Å². The van der Waals surface area contributed by atoms with Gasteiger partial charge < -0.3 is 19.7 Å². The van der Waals surface area contributed by atoms with Crippen LogP contribution in [0.3, 0.4) is 0 Å². The first-order valence-corrected chi connectivity index (χ1v) is 9.62. The number of rotatable bonds is 6. The highest BCUT2D eigenvalue weighted by Gasteiger charge is 2.33. The summed E-state index contributed by atoms with van der Waals surface area (Å²) >= 11 is 0. The van der Waals surface area contributed by atoms with Gasteiger partial charge in [-0.1, -0.05) is 24.2 Å². The molecular weight excluding hydrogens is 344 g/mol. The molecule has 2 aromatic rings. The van der Waals surface area contributed by atoms with Crippen molar-refractivity contribution >= 4 is 5.91 Å². The highest BCUT2D eigenvalue weighted by atomic mass is 16.5. The summed E-state index contributed by atoms with van der Waals surface area (Å²) in [5.41, 5.74) is 2.36. The first-order valence-electron chi connectivity index (χ1n) is 9.62. The number of amides is 1. The van der Waals surface area contributed by atoms with Crippen molar-refractivity contribution < 1.29 is 19.2 Å². The number of hydrogen-bond acceptors (Lipinski definition) is 5. The minimum atomic E-state index is -0.249. The predicted octanol–water partition coefficient (Wildman–Crippen LogP) is 3.58. The summed E-state index contributed by atoms with van der Waals surface area (Å²) in [4.78, 5) is 13.1. The van der Waals surface area contributed by atoms with E-state index in [0.29, 0.717) is 11.3 Å². The number of hydrogen-bond donors (Lipinski definition) is 2. The summed E-state index contributed by atoms with van der Waals surface area (Å²) in [6, 6.07) is 7.01. The summed E-state index contributed by atoms with van der Waals surface area (Å²) in [6.45, 7) is 3.92. The molecule has 0 aliphatic heterocycles.